The molecule has 2 heterocycles. The fourth-order valence-electron chi connectivity index (χ4n) is 6.29. The normalized spacial score (nSPS) is 12.2. The average Bonchev–Trinajstić information content (AvgIpc) is 3.57. The lowest BCUT2D eigenvalue weighted by atomic mass is 9.88. The predicted octanol–water partition coefficient (Wildman–Crippen LogP) is 9.35. The van der Waals surface area contributed by atoms with Crippen molar-refractivity contribution in [2.24, 2.45) is 0 Å². The summed E-state index contributed by atoms with van der Waals surface area (Å²) in [6, 6.07) is 39.9. The van der Waals surface area contributed by atoms with Crippen LogP contribution in [0.25, 0.3) is 54.1 Å². The van der Waals surface area contributed by atoms with E-state index in [4.69, 9.17) is 0 Å². The van der Waals surface area contributed by atoms with Crippen molar-refractivity contribution in [3.05, 3.63) is 127 Å². The van der Waals surface area contributed by atoms with Gasteiger partial charge in [0, 0.05) is 28.6 Å². The molecule has 182 valence electrons. The predicted molar refractivity (Wildman–Crippen MR) is 161 cm³/mol. The molecule has 8 aromatic rings. The molecule has 8 rings (SSSR count). The number of hydrogen-bond acceptors (Lipinski definition) is 1. The smallest absolute Gasteiger partial charge is 0.0903 e. The Bertz CT molecular complexity index is 2050. The summed E-state index contributed by atoms with van der Waals surface area (Å²) in [5.74, 6) is 0.466. The summed E-state index contributed by atoms with van der Waals surface area (Å²) in [5.41, 5.74) is 4.88. The molecule has 6 aromatic carbocycles. The van der Waals surface area contributed by atoms with Gasteiger partial charge in [0.15, 0.2) is 0 Å². The summed E-state index contributed by atoms with van der Waals surface area (Å²) >= 11 is 0. The molecule has 3 heteroatoms. The van der Waals surface area contributed by atoms with Gasteiger partial charge in [0.2, 0.25) is 0 Å². The minimum atomic E-state index is 0.466. The van der Waals surface area contributed by atoms with Gasteiger partial charge >= 0.3 is 0 Å². The van der Waals surface area contributed by atoms with Crippen molar-refractivity contribution < 1.29 is 0 Å². The van der Waals surface area contributed by atoms with E-state index in [0.717, 1.165) is 16.7 Å². The van der Waals surface area contributed by atoms with Crippen LogP contribution in [0, 0.1) is 0 Å². The first-order valence-corrected chi connectivity index (χ1v) is 13.3. The van der Waals surface area contributed by atoms with Gasteiger partial charge in [0.25, 0.3) is 0 Å². The summed E-state index contributed by atoms with van der Waals surface area (Å²) in [6.45, 7) is 4.57. The molecule has 3 nitrogen and oxygen atoms in total. The third-order valence-corrected chi connectivity index (χ3v) is 8.08. The monoisotopic (exact) mass is 489 g/mol. The third kappa shape index (κ3) is 2.90. The maximum Gasteiger partial charge on any atom is 0.0903 e. The molecule has 0 aliphatic rings. The van der Waals surface area contributed by atoms with Gasteiger partial charge in [-0.3, -0.25) is 0 Å². The number of anilines is 1. The van der Waals surface area contributed by atoms with Crippen LogP contribution in [-0.4, -0.2) is 9.35 Å². The van der Waals surface area contributed by atoms with Crippen LogP contribution >= 0.6 is 0 Å². The van der Waals surface area contributed by atoms with Crippen molar-refractivity contribution >= 4 is 59.8 Å². The van der Waals surface area contributed by atoms with Crippen molar-refractivity contribution in [2.45, 2.75) is 19.8 Å². The van der Waals surface area contributed by atoms with Gasteiger partial charge in [0.05, 0.1) is 16.7 Å². The lowest BCUT2D eigenvalue weighted by molar-refractivity contribution is 0.644. The molecule has 0 amide bonds. The second-order valence-corrected chi connectivity index (χ2v) is 10.5. The average molecular weight is 490 g/mol. The van der Waals surface area contributed by atoms with E-state index in [9.17, 15) is 0 Å². The Balaban J connectivity index is 1.50. The lowest BCUT2D eigenvalue weighted by Crippen LogP contribution is -2.34. The van der Waals surface area contributed by atoms with Gasteiger partial charge in [-0.2, -0.15) is 5.12 Å². The van der Waals surface area contributed by atoms with E-state index in [-0.39, 0.29) is 0 Å². The largest absolute Gasteiger partial charge is 0.241 e. The van der Waals surface area contributed by atoms with Crippen LogP contribution in [0.15, 0.2) is 122 Å². The molecule has 0 spiro atoms. The molecule has 0 aliphatic heterocycles. The van der Waals surface area contributed by atoms with Crippen molar-refractivity contribution in [2.75, 3.05) is 5.12 Å². The molecule has 0 radical (unpaired) electrons. The summed E-state index contributed by atoms with van der Waals surface area (Å²) < 4.78 is 4.54. The van der Waals surface area contributed by atoms with Crippen molar-refractivity contribution in [3.8, 4) is 0 Å². The number of aromatic nitrogens is 2. The van der Waals surface area contributed by atoms with E-state index in [0.29, 0.717) is 5.92 Å². The van der Waals surface area contributed by atoms with Gasteiger partial charge in [0.1, 0.15) is 0 Å². The van der Waals surface area contributed by atoms with Crippen LogP contribution in [-0.2, 0) is 0 Å². The zero-order valence-corrected chi connectivity index (χ0v) is 21.5. The standard InChI is InChI=1S/C35H27N3/c1-23(2)28-15-11-26-13-17-30-33(18-14-27-12-16-29(28)34(26)35(27)30)38(36-21-19-24-7-3-5-9-31(24)36)37-22-20-25-8-4-6-10-32(25)37/h3-23H,1-2H3. The maximum atomic E-state index is 2.32. The highest BCUT2D eigenvalue weighted by Gasteiger charge is 2.21. The highest BCUT2D eigenvalue weighted by Crippen LogP contribution is 2.42. The Labute approximate surface area is 221 Å². The van der Waals surface area contributed by atoms with E-state index in [1.807, 2.05) is 0 Å². The summed E-state index contributed by atoms with van der Waals surface area (Å²) in [7, 11) is 0. The molecule has 0 saturated carbocycles. The molecule has 0 atom stereocenters. The molecular formula is C35H27N3. The van der Waals surface area contributed by atoms with E-state index in [1.54, 1.807) is 0 Å². The Morgan fingerprint density at radius 2 is 1.03 bits per heavy atom. The minimum Gasteiger partial charge on any atom is -0.241 e. The first-order valence-electron chi connectivity index (χ1n) is 13.3. The van der Waals surface area contributed by atoms with E-state index >= 15 is 0 Å². The van der Waals surface area contributed by atoms with Gasteiger partial charge < -0.3 is 0 Å². The number of para-hydroxylation sites is 2. The van der Waals surface area contributed by atoms with Crippen LogP contribution in [0.2, 0.25) is 0 Å². The van der Waals surface area contributed by atoms with E-state index < -0.39 is 0 Å². The number of hydrogen-bond donors (Lipinski definition) is 0. The van der Waals surface area contributed by atoms with Gasteiger partial charge in [-0.1, -0.05) is 92.7 Å². The Kier molecular flexibility index (Phi) is 4.42. The molecule has 0 unspecified atom stereocenters. The first-order chi connectivity index (χ1) is 18.7. The summed E-state index contributed by atoms with van der Waals surface area (Å²) in [6.07, 6.45) is 4.35. The van der Waals surface area contributed by atoms with Gasteiger partial charge in [-0.05, 0) is 68.7 Å². The first kappa shape index (κ1) is 21.3. The van der Waals surface area contributed by atoms with Crippen LogP contribution in [0.3, 0.4) is 0 Å². The van der Waals surface area contributed by atoms with Gasteiger partial charge in [-0.15, -0.1) is 0 Å². The Hall–Kier alpha value is -4.76. The third-order valence-electron chi connectivity index (χ3n) is 8.08. The zero-order valence-electron chi connectivity index (χ0n) is 21.5. The number of nitrogens with zero attached hydrogens (tertiary/aromatic N) is 3. The SMILES string of the molecule is CC(C)c1ccc2ccc3c(N(n4ccc5ccccc54)n4ccc5ccccc54)ccc4ccc1c2c43. The van der Waals surface area contributed by atoms with Crippen LogP contribution < -0.4 is 5.12 Å². The van der Waals surface area contributed by atoms with Crippen LogP contribution in [0.5, 0.6) is 0 Å². The number of benzene rings is 6. The molecule has 2 aromatic heterocycles. The van der Waals surface area contributed by atoms with Crippen LogP contribution in [0.4, 0.5) is 5.69 Å². The van der Waals surface area contributed by atoms with Crippen molar-refractivity contribution in [3.63, 3.8) is 0 Å². The molecule has 0 bridgehead atoms. The Morgan fingerprint density at radius 3 is 1.66 bits per heavy atom. The number of rotatable bonds is 4. The molecule has 0 aliphatic carbocycles. The molecule has 38 heavy (non-hydrogen) atoms. The topological polar surface area (TPSA) is 13.1 Å². The van der Waals surface area contributed by atoms with E-state index in [1.165, 1.54) is 48.7 Å². The molecule has 0 saturated heterocycles. The quantitative estimate of drug-likeness (QED) is 0.224. The Morgan fingerprint density at radius 1 is 0.500 bits per heavy atom. The van der Waals surface area contributed by atoms with Gasteiger partial charge in [-0.25, -0.2) is 9.35 Å². The maximum absolute atomic E-state index is 2.32. The minimum absolute atomic E-state index is 0.466. The molecule has 0 N–H and O–H groups in total. The summed E-state index contributed by atoms with van der Waals surface area (Å²) in [5, 5.41) is 12.6. The van der Waals surface area contributed by atoms with Crippen molar-refractivity contribution in [1.29, 1.82) is 0 Å². The fourth-order valence-corrected chi connectivity index (χ4v) is 6.29. The lowest BCUT2D eigenvalue weighted by Gasteiger charge is -2.30. The molecular weight excluding hydrogens is 462 g/mol. The van der Waals surface area contributed by atoms with Crippen LogP contribution in [0.1, 0.15) is 25.3 Å². The summed E-state index contributed by atoms with van der Waals surface area (Å²) in [4.78, 5) is 0. The second-order valence-electron chi connectivity index (χ2n) is 10.5. The second kappa shape index (κ2) is 7.87. The zero-order chi connectivity index (χ0) is 25.4. The molecule has 0 fully saturated rings. The highest BCUT2D eigenvalue weighted by atomic mass is 15.8. The van der Waals surface area contributed by atoms with E-state index in [2.05, 4.69) is 150 Å². The van der Waals surface area contributed by atoms with Crippen molar-refractivity contribution in [1.82, 2.24) is 9.35 Å². The highest BCUT2D eigenvalue weighted by molar-refractivity contribution is 6.26. The number of fused-ring (bicyclic) bond motifs is 2. The fraction of sp³-hybridized carbons (Fsp3) is 0.0857.